The van der Waals surface area contributed by atoms with Crippen LogP contribution in [0.2, 0.25) is 0 Å². The predicted octanol–water partition coefficient (Wildman–Crippen LogP) is 4.01. The molecule has 0 aliphatic rings. The SMILES string of the molecule is COc1cc(OC)nc(C(SC)c2cccc(Br)c2NS(=O)(=O)CC(F)(F)F)n1. The number of halogens is 4. The molecular formula is C16H17BrF3N3O4S2. The highest BCUT2D eigenvalue weighted by Crippen LogP contribution is 2.41. The van der Waals surface area contributed by atoms with Gasteiger partial charge in [0, 0.05) is 4.47 Å². The van der Waals surface area contributed by atoms with Gasteiger partial charge in [0.25, 0.3) is 0 Å². The number of thioether (sulfide) groups is 1. The van der Waals surface area contributed by atoms with Gasteiger partial charge in [-0.1, -0.05) is 12.1 Å². The minimum atomic E-state index is -4.88. The molecule has 0 fully saturated rings. The number of nitrogens with zero attached hydrogens (tertiary/aromatic N) is 2. The summed E-state index contributed by atoms with van der Waals surface area (Å²) in [6.07, 6.45) is -3.15. The van der Waals surface area contributed by atoms with Crippen LogP contribution >= 0.6 is 27.7 Å². The number of sulfonamides is 1. The van der Waals surface area contributed by atoms with E-state index in [0.717, 1.165) is 0 Å². The molecule has 1 N–H and O–H groups in total. The summed E-state index contributed by atoms with van der Waals surface area (Å²) in [5.41, 5.74) is 0.342. The van der Waals surface area contributed by atoms with Gasteiger partial charge in [0.2, 0.25) is 21.8 Å². The molecule has 0 aliphatic carbocycles. The van der Waals surface area contributed by atoms with Crippen LogP contribution < -0.4 is 14.2 Å². The van der Waals surface area contributed by atoms with Crippen LogP contribution in [-0.2, 0) is 10.0 Å². The Morgan fingerprint density at radius 1 is 1.21 bits per heavy atom. The predicted molar refractivity (Wildman–Crippen MR) is 108 cm³/mol. The summed E-state index contributed by atoms with van der Waals surface area (Å²) < 4.78 is 74.5. The molecule has 0 aliphatic heterocycles. The second-order valence-electron chi connectivity index (χ2n) is 5.61. The van der Waals surface area contributed by atoms with E-state index in [1.807, 2.05) is 4.72 Å². The highest BCUT2D eigenvalue weighted by molar-refractivity contribution is 9.10. The number of anilines is 1. The van der Waals surface area contributed by atoms with Gasteiger partial charge in [-0.15, -0.1) is 11.8 Å². The van der Waals surface area contributed by atoms with Gasteiger partial charge in [-0.2, -0.15) is 23.1 Å². The Hall–Kier alpha value is -1.73. The molecular weight excluding hydrogens is 499 g/mol. The fourth-order valence-corrected chi connectivity index (χ4v) is 4.81. The summed E-state index contributed by atoms with van der Waals surface area (Å²) in [6, 6.07) is 6.18. The molecule has 160 valence electrons. The van der Waals surface area contributed by atoms with Crippen LogP contribution in [0.4, 0.5) is 18.9 Å². The molecule has 1 heterocycles. The number of ether oxygens (including phenoxy) is 2. The molecule has 0 amide bonds. The molecule has 0 bridgehead atoms. The lowest BCUT2D eigenvalue weighted by molar-refractivity contribution is -0.106. The monoisotopic (exact) mass is 515 g/mol. The van der Waals surface area contributed by atoms with Gasteiger partial charge in [0.15, 0.2) is 11.6 Å². The lowest BCUT2D eigenvalue weighted by Crippen LogP contribution is -2.28. The number of para-hydroxylation sites is 1. The second-order valence-corrected chi connectivity index (χ2v) is 9.13. The topological polar surface area (TPSA) is 90.4 Å². The van der Waals surface area contributed by atoms with Gasteiger partial charge in [0.05, 0.1) is 31.2 Å². The average molecular weight is 516 g/mol. The van der Waals surface area contributed by atoms with E-state index >= 15 is 0 Å². The number of nitrogens with one attached hydrogen (secondary N) is 1. The van der Waals surface area contributed by atoms with E-state index in [0.29, 0.717) is 5.56 Å². The third kappa shape index (κ3) is 6.37. The molecule has 1 atom stereocenters. The number of alkyl halides is 3. The molecule has 1 unspecified atom stereocenters. The van der Waals surface area contributed by atoms with Crippen molar-refractivity contribution in [2.45, 2.75) is 11.4 Å². The van der Waals surface area contributed by atoms with E-state index in [-0.39, 0.29) is 27.7 Å². The van der Waals surface area contributed by atoms with E-state index < -0.39 is 27.2 Å². The van der Waals surface area contributed by atoms with Crippen LogP contribution in [0.3, 0.4) is 0 Å². The Kier molecular flexibility index (Phi) is 7.62. The lowest BCUT2D eigenvalue weighted by Gasteiger charge is -2.21. The van der Waals surface area contributed by atoms with Crippen molar-refractivity contribution in [2.75, 3.05) is 31.0 Å². The first-order valence-corrected chi connectivity index (χ1v) is 11.6. The van der Waals surface area contributed by atoms with Gasteiger partial charge in [0.1, 0.15) is 0 Å². The molecule has 1 aromatic carbocycles. The number of methoxy groups -OCH3 is 2. The smallest absolute Gasteiger partial charge is 0.404 e. The van der Waals surface area contributed by atoms with E-state index in [4.69, 9.17) is 9.47 Å². The van der Waals surface area contributed by atoms with Gasteiger partial charge in [-0.3, -0.25) is 4.72 Å². The van der Waals surface area contributed by atoms with Crippen LogP contribution in [0, 0.1) is 0 Å². The van der Waals surface area contributed by atoms with Crippen molar-refractivity contribution >= 4 is 43.4 Å². The summed E-state index contributed by atoms with van der Waals surface area (Å²) in [5, 5.41) is -0.625. The van der Waals surface area contributed by atoms with Crippen molar-refractivity contribution in [3.05, 3.63) is 40.1 Å². The van der Waals surface area contributed by atoms with Gasteiger partial charge >= 0.3 is 6.18 Å². The Morgan fingerprint density at radius 2 is 1.79 bits per heavy atom. The van der Waals surface area contributed by atoms with E-state index in [2.05, 4.69) is 25.9 Å². The van der Waals surface area contributed by atoms with E-state index in [1.54, 1.807) is 18.4 Å². The molecule has 7 nitrogen and oxygen atoms in total. The maximum atomic E-state index is 12.6. The Bertz CT molecular complexity index is 952. The van der Waals surface area contributed by atoms with Gasteiger partial charge in [-0.05, 0) is 33.8 Å². The van der Waals surface area contributed by atoms with Crippen LogP contribution in [0.25, 0.3) is 0 Å². The second kappa shape index (κ2) is 9.39. The number of hydrogen-bond donors (Lipinski definition) is 1. The Morgan fingerprint density at radius 3 is 2.28 bits per heavy atom. The third-order valence-electron chi connectivity index (χ3n) is 3.52. The molecule has 0 saturated carbocycles. The molecule has 13 heteroatoms. The maximum absolute atomic E-state index is 12.6. The van der Waals surface area contributed by atoms with Gasteiger partial charge < -0.3 is 9.47 Å². The standard InChI is InChI=1S/C16H17BrF3N3O4S2/c1-26-11-7-12(27-2)22-15(21-11)14(28-3)9-5-4-6-10(17)13(9)23-29(24,25)8-16(18,19)20/h4-7,14,23H,8H2,1-3H3. The zero-order valence-electron chi connectivity index (χ0n) is 15.4. The Labute approximate surface area is 178 Å². The summed E-state index contributed by atoms with van der Waals surface area (Å²) in [7, 11) is -1.87. The molecule has 0 saturated heterocycles. The molecule has 29 heavy (non-hydrogen) atoms. The number of aromatic nitrogens is 2. The quantitative estimate of drug-likeness (QED) is 0.567. The minimum absolute atomic E-state index is 0.0264. The largest absolute Gasteiger partial charge is 0.481 e. The van der Waals surface area contributed by atoms with Crippen LogP contribution in [0.5, 0.6) is 11.8 Å². The van der Waals surface area contributed by atoms with Crippen LogP contribution in [0.15, 0.2) is 28.7 Å². The summed E-state index contributed by atoms with van der Waals surface area (Å²) in [4.78, 5) is 8.53. The van der Waals surface area contributed by atoms with Crippen LogP contribution in [-0.4, -0.2) is 50.8 Å². The minimum Gasteiger partial charge on any atom is -0.481 e. The summed E-state index contributed by atoms with van der Waals surface area (Å²) in [6.45, 7) is 0. The molecule has 0 spiro atoms. The third-order valence-corrected chi connectivity index (χ3v) is 6.34. The zero-order chi connectivity index (χ0) is 21.8. The van der Waals surface area contributed by atoms with Gasteiger partial charge in [-0.25, -0.2) is 8.42 Å². The zero-order valence-corrected chi connectivity index (χ0v) is 18.7. The van der Waals surface area contributed by atoms with Crippen molar-refractivity contribution < 1.29 is 31.1 Å². The number of hydrogen-bond acceptors (Lipinski definition) is 7. The van der Waals surface area contributed by atoms with Crippen molar-refractivity contribution in [1.29, 1.82) is 0 Å². The Balaban J connectivity index is 2.55. The first kappa shape index (κ1) is 23.5. The summed E-state index contributed by atoms with van der Waals surface area (Å²) in [5.74, 6) is -1.32. The highest BCUT2D eigenvalue weighted by atomic mass is 79.9. The first-order chi connectivity index (χ1) is 13.5. The first-order valence-electron chi connectivity index (χ1n) is 7.85. The molecule has 1 aromatic heterocycles. The lowest BCUT2D eigenvalue weighted by atomic mass is 10.1. The average Bonchev–Trinajstić information content (AvgIpc) is 2.62. The van der Waals surface area contributed by atoms with Crippen LogP contribution in [0.1, 0.15) is 16.6 Å². The number of rotatable bonds is 8. The summed E-state index contributed by atoms with van der Waals surface area (Å²) >= 11 is 4.46. The van der Waals surface area contributed by atoms with E-state index in [9.17, 15) is 21.6 Å². The van der Waals surface area contributed by atoms with Crippen molar-refractivity contribution in [3.63, 3.8) is 0 Å². The highest BCUT2D eigenvalue weighted by Gasteiger charge is 2.36. The number of benzene rings is 1. The molecule has 0 radical (unpaired) electrons. The van der Waals surface area contributed by atoms with Crippen molar-refractivity contribution in [2.24, 2.45) is 0 Å². The normalized spacial score (nSPS) is 13.1. The maximum Gasteiger partial charge on any atom is 0.404 e. The fraction of sp³-hybridized carbons (Fsp3) is 0.375. The molecule has 2 aromatic rings. The van der Waals surface area contributed by atoms with Crippen molar-refractivity contribution in [3.8, 4) is 11.8 Å². The fourth-order valence-electron chi connectivity index (χ4n) is 2.39. The van der Waals surface area contributed by atoms with Crippen molar-refractivity contribution in [1.82, 2.24) is 9.97 Å². The molecule has 2 rings (SSSR count). The van der Waals surface area contributed by atoms with E-state index in [1.165, 1.54) is 38.1 Å².